The second kappa shape index (κ2) is 4.35. The van der Waals surface area contributed by atoms with E-state index in [0.717, 1.165) is 5.75 Å². The third-order valence-corrected chi connectivity index (χ3v) is 3.56. The van der Waals surface area contributed by atoms with Crippen LogP contribution < -0.4 is 4.74 Å². The summed E-state index contributed by atoms with van der Waals surface area (Å²) in [7, 11) is 1.60. The molecule has 1 aromatic rings. The van der Waals surface area contributed by atoms with Crippen LogP contribution in [-0.2, 0) is 9.47 Å². The van der Waals surface area contributed by atoms with Gasteiger partial charge in [-0.05, 0) is 24.3 Å². The lowest BCUT2D eigenvalue weighted by Gasteiger charge is -2.25. The smallest absolute Gasteiger partial charge is 0.187 e. The van der Waals surface area contributed by atoms with Crippen molar-refractivity contribution in [3.8, 4) is 5.75 Å². The van der Waals surface area contributed by atoms with Crippen LogP contribution in [0.1, 0.15) is 10.4 Å². The van der Waals surface area contributed by atoms with Crippen LogP contribution in [0, 0.1) is 0 Å². The van der Waals surface area contributed by atoms with E-state index in [9.17, 15) is 4.79 Å². The molecule has 0 atom stereocenters. The molecular weight excluding hydrogens is 234 g/mol. The number of hydrogen-bond acceptors (Lipinski definition) is 5. The number of hydrogen-bond donors (Lipinski definition) is 0. The average Bonchev–Trinajstić information content (AvgIpc) is 2.98. The van der Waals surface area contributed by atoms with Crippen molar-refractivity contribution in [2.24, 2.45) is 0 Å². The van der Waals surface area contributed by atoms with Gasteiger partial charge in [-0.2, -0.15) is 0 Å². The van der Waals surface area contributed by atoms with E-state index in [2.05, 4.69) is 0 Å². The Hall–Kier alpha value is -1.43. The van der Waals surface area contributed by atoms with E-state index < -0.39 is 5.54 Å². The summed E-state index contributed by atoms with van der Waals surface area (Å²) in [5, 5.41) is 0. The highest BCUT2D eigenvalue weighted by atomic mass is 16.6. The molecule has 0 aromatic heterocycles. The quantitative estimate of drug-likeness (QED) is 0.745. The highest BCUT2D eigenvalue weighted by Crippen LogP contribution is 2.32. The fraction of sp³-hybridized carbons (Fsp3) is 0.462. The zero-order valence-electron chi connectivity index (χ0n) is 10.2. The highest BCUT2D eigenvalue weighted by Gasteiger charge is 2.52. The minimum atomic E-state index is -0.630. The summed E-state index contributed by atoms with van der Waals surface area (Å²) in [6.07, 6.45) is 0. The molecule has 2 heterocycles. The van der Waals surface area contributed by atoms with Gasteiger partial charge in [-0.25, -0.2) is 4.90 Å². The largest absolute Gasteiger partial charge is 0.497 e. The fourth-order valence-electron chi connectivity index (χ4n) is 2.44. The molecular formula is C13H15NO4. The summed E-state index contributed by atoms with van der Waals surface area (Å²) in [5.41, 5.74) is 0.0333. The Labute approximate surface area is 105 Å². The summed E-state index contributed by atoms with van der Waals surface area (Å²) in [5.74, 6) is 0.798. The van der Waals surface area contributed by atoms with Crippen LogP contribution in [0.5, 0.6) is 5.75 Å². The number of carbonyl (C=O) groups excluding carboxylic acids is 1. The van der Waals surface area contributed by atoms with E-state index in [0.29, 0.717) is 32.2 Å². The molecule has 2 saturated heterocycles. The first-order valence-electron chi connectivity index (χ1n) is 5.86. The first kappa shape index (κ1) is 11.6. The van der Waals surface area contributed by atoms with Crippen LogP contribution in [0.4, 0.5) is 0 Å². The van der Waals surface area contributed by atoms with E-state index in [-0.39, 0.29) is 5.78 Å². The molecule has 0 bridgehead atoms. The predicted molar refractivity (Wildman–Crippen MR) is 63.5 cm³/mol. The molecule has 3 rings (SSSR count). The van der Waals surface area contributed by atoms with Crippen molar-refractivity contribution in [2.75, 3.05) is 33.8 Å². The van der Waals surface area contributed by atoms with Crippen LogP contribution in [0.2, 0.25) is 0 Å². The second-order valence-electron chi connectivity index (χ2n) is 4.58. The molecule has 18 heavy (non-hydrogen) atoms. The number of nitrogens with zero attached hydrogens (tertiary/aromatic N) is 1. The Balaban J connectivity index is 1.89. The number of benzene rings is 1. The van der Waals surface area contributed by atoms with Gasteiger partial charge in [-0.1, -0.05) is 0 Å². The summed E-state index contributed by atoms with van der Waals surface area (Å²) in [6, 6.07) is 7.15. The standard InChI is InChI=1S/C13H15NO4/c1-16-11-4-2-10(3-5-11)12(15)13-6-17-8-14(13)9-18-7-13/h2-5H,6-9H2,1H3. The number of ether oxygens (including phenoxy) is 3. The van der Waals surface area contributed by atoms with E-state index >= 15 is 0 Å². The van der Waals surface area contributed by atoms with E-state index in [1.165, 1.54) is 0 Å². The lowest BCUT2D eigenvalue weighted by molar-refractivity contribution is 0.0693. The van der Waals surface area contributed by atoms with Crippen LogP contribution in [-0.4, -0.2) is 50.0 Å². The van der Waals surface area contributed by atoms with E-state index in [1.807, 2.05) is 4.90 Å². The second-order valence-corrected chi connectivity index (χ2v) is 4.58. The molecule has 96 valence electrons. The SMILES string of the molecule is COc1ccc(C(=O)C23COCN2COC3)cc1. The zero-order valence-corrected chi connectivity index (χ0v) is 10.2. The first-order chi connectivity index (χ1) is 8.76. The van der Waals surface area contributed by atoms with Crippen LogP contribution in [0.3, 0.4) is 0 Å². The molecule has 5 nitrogen and oxygen atoms in total. The maximum Gasteiger partial charge on any atom is 0.187 e. The van der Waals surface area contributed by atoms with Gasteiger partial charge in [-0.15, -0.1) is 0 Å². The summed E-state index contributed by atoms with van der Waals surface area (Å²) in [6.45, 7) is 1.72. The monoisotopic (exact) mass is 249 g/mol. The molecule has 2 fully saturated rings. The van der Waals surface area contributed by atoms with Crippen molar-refractivity contribution in [1.82, 2.24) is 4.90 Å². The van der Waals surface area contributed by atoms with Crippen LogP contribution >= 0.6 is 0 Å². The van der Waals surface area contributed by atoms with E-state index in [4.69, 9.17) is 14.2 Å². The normalized spacial score (nSPS) is 21.8. The summed E-state index contributed by atoms with van der Waals surface area (Å²) < 4.78 is 15.9. The van der Waals surface area contributed by atoms with Gasteiger partial charge in [0.15, 0.2) is 5.78 Å². The zero-order chi connectivity index (χ0) is 12.6. The average molecular weight is 249 g/mol. The fourth-order valence-corrected chi connectivity index (χ4v) is 2.44. The van der Waals surface area contributed by atoms with Gasteiger partial charge in [0.1, 0.15) is 24.8 Å². The molecule has 0 unspecified atom stereocenters. The number of Topliss-reactive ketones (excluding diaryl/α,β-unsaturated/α-hetero) is 1. The number of ketones is 1. The lowest BCUT2D eigenvalue weighted by Crippen LogP contribution is -2.50. The summed E-state index contributed by atoms with van der Waals surface area (Å²) in [4.78, 5) is 14.6. The van der Waals surface area contributed by atoms with Crippen molar-refractivity contribution in [3.05, 3.63) is 29.8 Å². The van der Waals surface area contributed by atoms with Crippen LogP contribution in [0.25, 0.3) is 0 Å². The van der Waals surface area contributed by atoms with Gasteiger partial charge in [0, 0.05) is 5.56 Å². The van der Waals surface area contributed by atoms with Crippen molar-refractivity contribution in [3.63, 3.8) is 0 Å². The molecule has 2 aliphatic heterocycles. The topological polar surface area (TPSA) is 48.0 Å². The summed E-state index contributed by atoms with van der Waals surface area (Å²) >= 11 is 0. The maximum atomic E-state index is 12.6. The third-order valence-electron chi connectivity index (χ3n) is 3.56. The van der Waals surface area contributed by atoms with Gasteiger partial charge in [0.05, 0.1) is 20.3 Å². The minimum absolute atomic E-state index is 0.0557. The van der Waals surface area contributed by atoms with Gasteiger partial charge < -0.3 is 14.2 Å². The lowest BCUT2D eigenvalue weighted by atomic mass is 9.91. The molecule has 0 amide bonds. The van der Waals surface area contributed by atoms with Crippen molar-refractivity contribution >= 4 is 5.78 Å². The molecule has 0 saturated carbocycles. The Kier molecular flexibility index (Phi) is 2.81. The van der Waals surface area contributed by atoms with Crippen molar-refractivity contribution in [2.45, 2.75) is 5.54 Å². The molecule has 1 aromatic carbocycles. The number of carbonyl (C=O) groups is 1. The Morgan fingerprint density at radius 2 is 1.83 bits per heavy atom. The molecule has 5 heteroatoms. The van der Waals surface area contributed by atoms with Gasteiger partial charge in [0.2, 0.25) is 0 Å². The van der Waals surface area contributed by atoms with Gasteiger partial charge in [0.25, 0.3) is 0 Å². The molecule has 0 aliphatic carbocycles. The minimum Gasteiger partial charge on any atom is -0.497 e. The molecule has 2 aliphatic rings. The van der Waals surface area contributed by atoms with Gasteiger partial charge >= 0.3 is 0 Å². The van der Waals surface area contributed by atoms with Gasteiger partial charge in [-0.3, -0.25) is 4.79 Å². The van der Waals surface area contributed by atoms with Crippen molar-refractivity contribution in [1.29, 1.82) is 0 Å². The first-order valence-corrected chi connectivity index (χ1v) is 5.86. The number of methoxy groups -OCH3 is 1. The Bertz CT molecular complexity index is 447. The maximum absolute atomic E-state index is 12.6. The molecule has 0 N–H and O–H groups in total. The number of rotatable bonds is 3. The predicted octanol–water partition coefficient (Wildman–Crippen LogP) is 0.894. The Morgan fingerprint density at radius 1 is 1.22 bits per heavy atom. The highest BCUT2D eigenvalue weighted by molar-refractivity contribution is 6.04. The van der Waals surface area contributed by atoms with E-state index in [1.54, 1.807) is 31.4 Å². The molecule has 0 radical (unpaired) electrons. The molecule has 0 spiro atoms. The number of fused-ring (bicyclic) bond motifs is 1. The van der Waals surface area contributed by atoms with Crippen molar-refractivity contribution < 1.29 is 19.0 Å². The third kappa shape index (κ3) is 1.63. The van der Waals surface area contributed by atoms with Crippen LogP contribution in [0.15, 0.2) is 24.3 Å². The Morgan fingerprint density at radius 3 is 2.39 bits per heavy atom.